The SMILES string of the molecule is Cc1ccc(-c2nc(C(=O)NCCO)nn2-c2ccc(C)c(C)c2)cc1. The first-order chi connectivity index (χ1) is 12.5. The molecule has 6 nitrogen and oxygen atoms in total. The Hall–Kier alpha value is -2.99. The number of aryl methyl sites for hydroxylation is 3. The molecule has 1 amide bonds. The molecule has 0 aliphatic rings. The lowest BCUT2D eigenvalue weighted by Crippen LogP contribution is -2.27. The third-order valence-electron chi connectivity index (χ3n) is 4.25. The summed E-state index contributed by atoms with van der Waals surface area (Å²) in [5.41, 5.74) is 5.19. The van der Waals surface area contributed by atoms with Crippen LogP contribution >= 0.6 is 0 Å². The quantitative estimate of drug-likeness (QED) is 0.741. The minimum absolute atomic E-state index is 0.0762. The number of hydrogen-bond donors (Lipinski definition) is 2. The molecule has 0 aliphatic carbocycles. The molecule has 2 N–H and O–H groups in total. The lowest BCUT2D eigenvalue weighted by atomic mass is 10.1. The largest absolute Gasteiger partial charge is 0.395 e. The van der Waals surface area contributed by atoms with Crippen molar-refractivity contribution in [1.82, 2.24) is 20.1 Å². The molecule has 0 aliphatic heterocycles. The van der Waals surface area contributed by atoms with E-state index in [1.807, 2.05) is 56.3 Å². The predicted octanol–water partition coefficient (Wildman–Crippen LogP) is 2.58. The molecule has 0 fully saturated rings. The van der Waals surface area contributed by atoms with Crippen molar-refractivity contribution in [2.75, 3.05) is 13.2 Å². The van der Waals surface area contributed by atoms with Crippen LogP contribution in [0.25, 0.3) is 17.1 Å². The first kappa shape index (κ1) is 17.8. The second-order valence-electron chi connectivity index (χ2n) is 6.28. The second-order valence-corrected chi connectivity index (χ2v) is 6.28. The zero-order chi connectivity index (χ0) is 18.7. The van der Waals surface area contributed by atoms with E-state index in [1.165, 1.54) is 5.56 Å². The van der Waals surface area contributed by atoms with E-state index in [1.54, 1.807) is 4.68 Å². The van der Waals surface area contributed by atoms with Crippen molar-refractivity contribution in [2.45, 2.75) is 20.8 Å². The Kier molecular flexibility index (Phi) is 5.14. The summed E-state index contributed by atoms with van der Waals surface area (Å²) in [7, 11) is 0. The van der Waals surface area contributed by atoms with Crippen LogP contribution in [0, 0.1) is 20.8 Å². The van der Waals surface area contributed by atoms with E-state index in [0.29, 0.717) is 5.82 Å². The van der Waals surface area contributed by atoms with E-state index in [-0.39, 0.29) is 19.0 Å². The Morgan fingerprint density at radius 1 is 1.08 bits per heavy atom. The molecule has 1 aromatic heterocycles. The Balaban J connectivity index is 2.10. The molecule has 1 heterocycles. The molecule has 6 heteroatoms. The van der Waals surface area contributed by atoms with Gasteiger partial charge in [0, 0.05) is 12.1 Å². The molecule has 0 spiro atoms. The number of aromatic nitrogens is 3. The standard InChI is InChI=1S/C20H22N4O2/c1-13-4-7-16(8-5-13)19-22-18(20(26)21-10-11-25)23-24(19)17-9-6-14(2)15(3)12-17/h4-9,12,25H,10-11H2,1-3H3,(H,21,26). The molecular formula is C20H22N4O2. The van der Waals surface area contributed by atoms with E-state index < -0.39 is 5.91 Å². The molecule has 3 aromatic rings. The van der Waals surface area contributed by atoms with E-state index in [4.69, 9.17) is 5.11 Å². The number of carbonyl (C=O) groups excluding carboxylic acids is 1. The maximum absolute atomic E-state index is 12.2. The van der Waals surface area contributed by atoms with Gasteiger partial charge >= 0.3 is 0 Å². The average molecular weight is 350 g/mol. The van der Waals surface area contributed by atoms with Gasteiger partial charge in [0.15, 0.2) is 5.82 Å². The number of benzene rings is 2. The van der Waals surface area contributed by atoms with Crippen LogP contribution in [0.15, 0.2) is 42.5 Å². The van der Waals surface area contributed by atoms with Gasteiger partial charge in [-0.15, -0.1) is 5.10 Å². The molecule has 134 valence electrons. The van der Waals surface area contributed by atoms with E-state index >= 15 is 0 Å². The van der Waals surface area contributed by atoms with Gasteiger partial charge in [0.25, 0.3) is 5.91 Å². The second kappa shape index (κ2) is 7.49. The molecule has 26 heavy (non-hydrogen) atoms. The van der Waals surface area contributed by atoms with Crippen LogP contribution < -0.4 is 5.32 Å². The number of nitrogens with zero attached hydrogens (tertiary/aromatic N) is 3. The third-order valence-corrected chi connectivity index (χ3v) is 4.25. The van der Waals surface area contributed by atoms with Gasteiger partial charge in [-0.05, 0) is 44.0 Å². The van der Waals surface area contributed by atoms with Crippen molar-refractivity contribution in [1.29, 1.82) is 0 Å². The van der Waals surface area contributed by atoms with Crippen LogP contribution in [-0.4, -0.2) is 38.9 Å². The van der Waals surface area contributed by atoms with Crippen molar-refractivity contribution in [3.05, 3.63) is 65.0 Å². The minimum Gasteiger partial charge on any atom is -0.395 e. The lowest BCUT2D eigenvalue weighted by molar-refractivity contribution is 0.0934. The topological polar surface area (TPSA) is 80.0 Å². The zero-order valence-corrected chi connectivity index (χ0v) is 15.2. The van der Waals surface area contributed by atoms with Crippen molar-refractivity contribution >= 4 is 5.91 Å². The van der Waals surface area contributed by atoms with Gasteiger partial charge in [-0.3, -0.25) is 4.79 Å². The van der Waals surface area contributed by atoms with Gasteiger partial charge in [-0.2, -0.15) is 0 Å². The Morgan fingerprint density at radius 2 is 1.81 bits per heavy atom. The number of hydrogen-bond acceptors (Lipinski definition) is 4. The molecule has 0 atom stereocenters. The monoisotopic (exact) mass is 350 g/mol. The summed E-state index contributed by atoms with van der Waals surface area (Å²) < 4.78 is 1.69. The highest BCUT2D eigenvalue weighted by atomic mass is 16.3. The summed E-state index contributed by atoms with van der Waals surface area (Å²) in [4.78, 5) is 16.7. The maximum Gasteiger partial charge on any atom is 0.291 e. The van der Waals surface area contributed by atoms with Gasteiger partial charge in [0.2, 0.25) is 5.82 Å². The molecule has 3 rings (SSSR count). The number of aliphatic hydroxyl groups is 1. The maximum atomic E-state index is 12.2. The number of nitrogens with one attached hydrogen (secondary N) is 1. The Morgan fingerprint density at radius 3 is 2.46 bits per heavy atom. The fourth-order valence-electron chi connectivity index (χ4n) is 2.58. The average Bonchev–Trinajstić information content (AvgIpc) is 3.08. The highest BCUT2D eigenvalue weighted by Crippen LogP contribution is 2.23. The molecule has 0 unspecified atom stereocenters. The van der Waals surface area contributed by atoms with Crippen LogP contribution in [0.2, 0.25) is 0 Å². The van der Waals surface area contributed by atoms with E-state index in [0.717, 1.165) is 22.4 Å². The molecular weight excluding hydrogens is 328 g/mol. The summed E-state index contributed by atoms with van der Waals surface area (Å²) in [6.07, 6.45) is 0. The minimum atomic E-state index is -0.407. The van der Waals surface area contributed by atoms with Crippen molar-refractivity contribution in [3.63, 3.8) is 0 Å². The van der Waals surface area contributed by atoms with Crippen LogP contribution in [0.3, 0.4) is 0 Å². The number of aliphatic hydroxyl groups excluding tert-OH is 1. The lowest BCUT2D eigenvalue weighted by Gasteiger charge is -2.08. The first-order valence-electron chi connectivity index (χ1n) is 8.50. The first-order valence-corrected chi connectivity index (χ1v) is 8.50. The van der Waals surface area contributed by atoms with Crippen molar-refractivity contribution in [3.8, 4) is 17.1 Å². The highest BCUT2D eigenvalue weighted by Gasteiger charge is 2.18. The summed E-state index contributed by atoms with van der Waals surface area (Å²) in [5.74, 6) is 0.268. The number of amides is 1. The molecule has 0 radical (unpaired) electrons. The van der Waals surface area contributed by atoms with Gasteiger partial charge in [-0.25, -0.2) is 9.67 Å². The summed E-state index contributed by atoms with van der Waals surface area (Å²) >= 11 is 0. The van der Waals surface area contributed by atoms with Crippen molar-refractivity contribution < 1.29 is 9.90 Å². The number of carbonyl (C=O) groups is 1. The van der Waals surface area contributed by atoms with Gasteiger partial charge in [-0.1, -0.05) is 35.9 Å². The van der Waals surface area contributed by atoms with Gasteiger partial charge < -0.3 is 10.4 Å². The van der Waals surface area contributed by atoms with Gasteiger partial charge in [0.1, 0.15) is 0 Å². The fraction of sp³-hybridized carbons (Fsp3) is 0.250. The van der Waals surface area contributed by atoms with Crippen LogP contribution in [0.4, 0.5) is 0 Å². The van der Waals surface area contributed by atoms with Crippen LogP contribution in [0.5, 0.6) is 0 Å². The molecule has 0 bridgehead atoms. The smallest absolute Gasteiger partial charge is 0.291 e. The third kappa shape index (κ3) is 3.65. The normalized spacial score (nSPS) is 10.8. The van der Waals surface area contributed by atoms with Crippen LogP contribution in [-0.2, 0) is 0 Å². The zero-order valence-electron chi connectivity index (χ0n) is 15.2. The highest BCUT2D eigenvalue weighted by molar-refractivity contribution is 5.91. The molecule has 0 saturated carbocycles. The van der Waals surface area contributed by atoms with E-state index in [2.05, 4.69) is 22.3 Å². The van der Waals surface area contributed by atoms with Gasteiger partial charge in [0.05, 0.1) is 12.3 Å². The predicted molar refractivity (Wildman–Crippen MR) is 100 cm³/mol. The summed E-state index contributed by atoms with van der Waals surface area (Å²) in [5, 5.41) is 15.9. The number of rotatable bonds is 5. The summed E-state index contributed by atoms with van der Waals surface area (Å²) in [6.45, 7) is 6.14. The molecule has 2 aromatic carbocycles. The summed E-state index contributed by atoms with van der Waals surface area (Å²) in [6, 6.07) is 13.9. The van der Waals surface area contributed by atoms with E-state index in [9.17, 15) is 4.79 Å². The van der Waals surface area contributed by atoms with Crippen molar-refractivity contribution in [2.24, 2.45) is 0 Å². The fourth-order valence-corrected chi connectivity index (χ4v) is 2.58. The van der Waals surface area contributed by atoms with Crippen LogP contribution in [0.1, 0.15) is 27.3 Å². The molecule has 0 saturated heterocycles. The Bertz CT molecular complexity index is 929. The Labute approximate surface area is 152 Å².